The molecule has 0 aliphatic heterocycles. The molecule has 4 aromatic rings. The summed E-state index contributed by atoms with van der Waals surface area (Å²) in [6.45, 7) is 2.97. The Balaban J connectivity index is 1.94. The van der Waals surface area contributed by atoms with Gasteiger partial charge in [-0.2, -0.15) is 26.3 Å². The molecule has 0 saturated carbocycles. The normalized spacial score (nSPS) is 11.7. The molecular formula is C43H36F6N2O3. The molecule has 0 aromatic heterocycles. The van der Waals surface area contributed by atoms with Crippen molar-refractivity contribution in [3.8, 4) is 54.3 Å². The number of carbonyl (C=O) groups is 1. The van der Waals surface area contributed by atoms with Crippen molar-refractivity contribution in [2.75, 3.05) is 43.1 Å². The first-order valence-electron chi connectivity index (χ1n) is 16.4. The maximum atomic E-state index is 15.5. The van der Waals surface area contributed by atoms with Gasteiger partial charge in [0.25, 0.3) is 0 Å². The second-order valence-electron chi connectivity index (χ2n) is 12.1. The summed E-state index contributed by atoms with van der Waals surface area (Å²) in [6.07, 6.45) is 7.97. The first-order chi connectivity index (χ1) is 25.7. The number of benzene rings is 4. The highest BCUT2D eigenvalue weighted by Gasteiger charge is 2.72. The molecule has 0 amide bonds. The zero-order valence-corrected chi connectivity index (χ0v) is 29.7. The molecule has 11 heteroatoms. The number of allylic oxidation sites excluding steroid dienone is 1. The number of rotatable bonds is 14. The van der Waals surface area contributed by atoms with Gasteiger partial charge in [-0.15, -0.1) is 19.3 Å². The minimum absolute atomic E-state index is 0.0232. The standard InChI is InChI=1S/C43H36F6N2O3/c1-7-11-27-51(26-10-4)37-29-34(19-23-39(37)54-35-20-16-32(17-21-35)40(52)31-14-12-30(5)13-15-31)41(42(44,45)46,43(47,48)49)33-18-22-38(53-6)36(28-33)50(24-8-2)25-9-3/h2-4,7,11-23,28-29H,24-27H2,1,5-6H3/b11-7-. The van der Waals surface area contributed by atoms with E-state index < -0.39 is 28.9 Å². The van der Waals surface area contributed by atoms with E-state index in [1.807, 2.05) is 6.92 Å². The van der Waals surface area contributed by atoms with Crippen LogP contribution < -0.4 is 19.3 Å². The number of ether oxygens (including phenoxy) is 2. The Kier molecular flexibility index (Phi) is 12.8. The predicted molar refractivity (Wildman–Crippen MR) is 199 cm³/mol. The van der Waals surface area contributed by atoms with Gasteiger partial charge in [0.05, 0.1) is 38.1 Å². The molecule has 0 aliphatic rings. The minimum atomic E-state index is -5.93. The van der Waals surface area contributed by atoms with E-state index in [0.29, 0.717) is 11.1 Å². The van der Waals surface area contributed by atoms with Crippen molar-refractivity contribution in [1.82, 2.24) is 0 Å². The monoisotopic (exact) mass is 742 g/mol. The number of hydrogen-bond donors (Lipinski definition) is 0. The molecule has 4 rings (SSSR count). The topological polar surface area (TPSA) is 42.0 Å². The predicted octanol–water partition coefficient (Wildman–Crippen LogP) is 9.53. The Morgan fingerprint density at radius 2 is 1.17 bits per heavy atom. The summed E-state index contributed by atoms with van der Waals surface area (Å²) >= 11 is 0. The highest BCUT2D eigenvalue weighted by Crippen LogP contribution is 2.58. The van der Waals surface area contributed by atoms with Crippen LogP contribution in [0.25, 0.3) is 0 Å². The molecular weight excluding hydrogens is 706 g/mol. The Morgan fingerprint density at radius 3 is 1.63 bits per heavy atom. The van der Waals surface area contributed by atoms with E-state index in [4.69, 9.17) is 28.7 Å². The molecule has 0 aliphatic carbocycles. The van der Waals surface area contributed by atoms with Gasteiger partial charge in [0, 0.05) is 17.7 Å². The van der Waals surface area contributed by atoms with Crippen LogP contribution in [0.1, 0.15) is 39.5 Å². The fourth-order valence-electron chi connectivity index (χ4n) is 5.95. The summed E-state index contributed by atoms with van der Waals surface area (Å²) in [5.74, 6) is 6.84. The van der Waals surface area contributed by atoms with Crippen LogP contribution in [0.3, 0.4) is 0 Å². The second-order valence-corrected chi connectivity index (χ2v) is 12.1. The van der Waals surface area contributed by atoms with Gasteiger partial charge in [0.1, 0.15) is 11.5 Å². The van der Waals surface area contributed by atoms with Crippen molar-refractivity contribution in [1.29, 1.82) is 0 Å². The van der Waals surface area contributed by atoms with E-state index >= 15 is 26.3 Å². The van der Waals surface area contributed by atoms with Gasteiger partial charge in [-0.05, 0) is 73.5 Å². The summed E-state index contributed by atoms with van der Waals surface area (Å²) in [5.41, 5.74) is -5.38. The van der Waals surface area contributed by atoms with Crippen LogP contribution in [-0.4, -0.2) is 51.4 Å². The number of carbonyl (C=O) groups excluding carboxylic acids is 1. The van der Waals surface area contributed by atoms with Crippen molar-refractivity contribution in [3.05, 3.63) is 125 Å². The van der Waals surface area contributed by atoms with E-state index in [1.165, 1.54) is 41.2 Å². The van der Waals surface area contributed by atoms with Gasteiger partial charge in [-0.3, -0.25) is 4.79 Å². The summed E-state index contributed by atoms with van der Waals surface area (Å²) in [7, 11) is 1.22. The zero-order valence-electron chi connectivity index (χ0n) is 29.7. The molecule has 0 heterocycles. The van der Waals surface area contributed by atoms with Crippen LogP contribution in [-0.2, 0) is 5.41 Å². The quantitative estimate of drug-likeness (QED) is 0.0558. The Hall–Kier alpha value is -6.25. The number of alkyl halides is 6. The fourth-order valence-corrected chi connectivity index (χ4v) is 5.95. The van der Waals surface area contributed by atoms with Gasteiger partial charge in [0.15, 0.2) is 11.5 Å². The third-order valence-corrected chi connectivity index (χ3v) is 8.60. The van der Waals surface area contributed by atoms with Gasteiger partial charge in [0.2, 0.25) is 5.41 Å². The van der Waals surface area contributed by atoms with Crippen LogP contribution in [0.4, 0.5) is 37.7 Å². The smallest absolute Gasteiger partial charge is 0.411 e. The molecule has 0 unspecified atom stereocenters. The molecule has 278 valence electrons. The molecule has 0 spiro atoms. The van der Waals surface area contributed by atoms with Crippen LogP contribution in [0.5, 0.6) is 17.2 Å². The number of nitrogens with zero attached hydrogens (tertiary/aromatic N) is 2. The highest BCUT2D eigenvalue weighted by atomic mass is 19.4. The largest absolute Gasteiger partial charge is 0.495 e. The molecule has 0 radical (unpaired) electrons. The van der Waals surface area contributed by atoms with E-state index in [0.717, 1.165) is 42.0 Å². The maximum Gasteiger partial charge on any atom is 0.411 e. The fraction of sp³-hybridized carbons (Fsp3) is 0.233. The highest BCUT2D eigenvalue weighted by molar-refractivity contribution is 6.09. The van der Waals surface area contributed by atoms with Gasteiger partial charge >= 0.3 is 12.4 Å². The van der Waals surface area contributed by atoms with Crippen molar-refractivity contribution < 1.29 is 40.6 Å². The van der Waals surface area contributed by atoms with Crippen LogP contribution in [0.2, 0.25) is 0 Å². The third-order valence-electron chi connectivity index (χ3n) is 8.60. The molecule has 54 heavy (non-hydrogen) atoms. The zero-order chi connectivity index (χ0) is 39.7. The maximum absolute atomic E-state index is 15.5. The van der Waals surface area contributed by atoms with Crippen molar-refractivity contribution >= 4 is 17.2 Å². The number of halogens is 6. The number of hydrogen-bond acceptors (Lipinski definition) is 5. The molecule has 0 saturated heterocycles. The van der Waals surface area contributed by atoms with Crippen LogP contribution >= 0.6 is 0 Å². The summed E-state index contributed by atoms with van der Waals surface area (Å²) in [5, 5.41) is 0. The van der Waals surface area contributed by atoms with Gasteiger partial charge in [-0.25, -0.2) is 0 Å². The Labute approximate surface area is 311 Å². The molecule has 0 atom stereocenters. The molecule has 4 aromatic carbocycles. The molecule has 5 nitrogen and oxygen atoms in total. The first kappa shape index (κ1) is 40.5. The van der Waals surface area contributed by atoms with Crippen LogP contribution in [0, 0.1) is 44.0 Å². The van der Waals surface area contributed by atoms with E-state index in [9.17, 15) is 4.79 Å². The number of methoxy groups -OCH3 is 1. The summed E-state index contributed by atoms with van der Waals surface area (Å²) in [4.78, 5) is 15.7. The average Bonchev–Trinajstić information content (AvgIpc) is 3.13. The lowest BCUT2D eigenvalue weighted by Gasteiger charge is -2.39. The number of aryl methyl sites for hydroxylation is 1. The lowest BCUT2D eigenvalue weighted by atomic mass is 9.72. The number of anilines is 2. The van der Waals surface area contributed by atoms with Gasteiger partial charge in [-0.1, -0.05) is 71.9 Å². The minimum Gasteiger partial charge on any atom is -0.495 e. The Morgan fingerprint density at radius 1 is 0.704 bits per heavy atom. The lowest BCUT2D eigenvalue weighted by Crippen LogP contribution is -2.55. The number of terminal acetylenes is 3. The van der Waals surface area contributed by atoms with Gasteiger partial charge < -0.3 is 19.3 Å². The lowest BCUT2D eigenvalue weighted by molar-refractivity contribution is -0.288. The summed E-state index contributed by atoms with van der Waals surface area (Å²) in [6, 6.07) is 18.0. The van der Waals surface area contributed by atoms with E-state index in [1.54, 1.807) is 43.3 Å². The van der Waals surface area contributed by atoms with Crippen molar-refractivity contribution in [2.24, 2.45) is 0 Å². The first-order valence-corrected chi connectivity index (χ1v) is 16.4. The van der Waals surface area contributed by atoms with Crippen molar-refractivity contribution in [3.63, 3.8) is 0 Å². The van der Waals surface area contributed by atoms with Crippen molar-refractivity contribution in [2.45, 2.75) is 31.6 Å². The second kappa shape index (κ2) is 17.1. The summed E-state index contributed by atoms with van der Waals surface area (Å²) < 4.78 is 104. The molecule has 0 bridgehead atoms. The average molecular weight is 743 g/mol. The third kappa shape index (κ3) is 8.35. The molecule has 0 N–H and O–H groups in total. The Bertz CT molecular complexity index is 2070. The number of ketones is 1. The van der Waals surface area contributed by atoms with Crippen LogP contribution in [0.15, 0.2) is 97.1 Å². The molecule has 0 fully saturated rings. The van der Waals surface area contributed by atoms with E-state index in [-0.39, 0.29) is 60.6 Å². The van der Waals surface area contributed by atoms with E-state index in [2.05, 4.69) is 17.8 Å². The SMILES string of the molecule is C#CCN(CC#C)c1cc(C(c2ccc(Oc3ccc(C(=O)c4ccc(C)cc4)cc3)c(N(CC#C)C/C=C\C)c2)(C(F)(F)F)C(F)(F)F)ccc1OC.